The van der Waals surface area contributed by atoms with Gasteiger partial charge in [0.1, 0.15) is 0 Å². The standard InChI is InChI=1S/C75H53N3/c1-37-38(2)40(4)60(41(5)39(37)3)54-34-57-63(45-20-8-7-19-44(45)54)55-33-56-68-58(31-42(35-76)61-64-46-21-9-13-25-50(46)66(70(61)68)51-26-14-10-22-47(51)64)78-59-32-43(36-77)62-65-48-23-11-15-27-52(48)67(53-28-16-12-24-49(53)65)71(62)69(59)72(74(56)78)73(55)75(57)29-17-6-18-30-75/h7-16,19-28,31-34,64-67H,6,17-18,29-30H2,1-5H3. The first kappa shape index (κ1) is 43.4. The van der Waals surface area contributed by atoms with Crippen molar-refractivity contribution in [1.82, 2.24) is 4.40 Å². The molecule has 0 atom stereocenters. The third-order valence-corrected chi connectivity index (χ3v) is 21.5. The van der Waals surface area contributed by atoms with Gasteiger partial charge in [-0.1, -0.05) is 141 Å². The molecule has 1 spiro atoms. The highest BCUT2D eigenvalue weighted by molar-refractivity contribution is 6.30. The van der Waals surface area contributed by atoms with Crippen LogP contribution in [-0.2, 0) is 5.41 Å². The zero-order chi connectivity index (χ0) is 51.9. The van der Waals surface area contributed by atoms with Gasteiger partial charge < -0.3 is 4.40 Å². The van der Waals surface area contributed by atoms with Crippen LogP contribution < -0.4 is 0 Å². The van der Waals surface area contributed by atoms with E-state index >= 15 is 0 Å². The SMILES string of the molecule is Cc1c(C)c(C)c(-c2cc3c(c4ccccc24)-c2cc4c5c6c(c(C#N)cc5n5c7cc(C#N)c8c(c7c(c2C32CCCCC2)c45)C2c3ccccc3C8c3ccccc32)C2c3ccccc3C6c3ccccc32)c(C)c1C. The van der Waals surface area contributed by atoms with Gasteiger partial charge in [0.25, 0.3) is 0 Å². The molecule has 2 aromatic heterocycles. The zero-order valence-electron chi connectivity index (χ0n) is 44.5. The Balaban J connectivity index is 1.08. The lowest BCUT2D eigenvalue weighted by Crippen LogP contribution is -2.29. The Morgan fingerprint density at radius 1 is 0.410 bits per heavy atom. The molecule has 1 saturated carbocycles. The van der Waals surface area contributed by atoms with E-state index in [0.717, 1.165) is 53.4 Å². The smallest absolute Gasteiger partial charge is 0.0995 e. The van der Waals surface area contributed by atoms with Crippen LogP contribution in [0.2, 0.25) is 0 Å². The number of fused-ring (bicyclic) bond motifs is 14. The molecule has 3 nitrogen and oxygen atoms in total. The van der Waals surface area contributed by atoms with E-state index in [4.69, 9.17) is 0 Å². The highest BCUT2D eigenvalue weighted by Crippen LogP contribution is 2.67. The third-order valence-electron chi connectivity index (χ3n) is 21.5. The molecule has 0 amide bonds. The molecule has 0 unspecified atom stereocenters. The first-order valence-corrected chi connectivity index (χ1v) is 28.5. The van der Waals surface area contributed by atoms with Crippen LogP contribution in [0.5, 0.6) is 0 Å². The highest BCUT2D eigenvalue weighted by Gasteiger charge is 2.51. The highest BCUT2D eigenvalue weighted by atomic mass is 14.9. The normalized spacial score (nSPS) is 19.2. The molecule has 0 saturated heterocycles. The van der Waals surface area contributed by atoms with Crippen LogP contribution in [0.15, 0.2) is 146 Å². The van der Waals surface area contributed by atoms with Crippen LogP contribution >= 0.6 is 0 Å². The van der Waals surface area contributed by atoms with Gasteiger partial charge in [-0.3, -0.25) is 0 Å². The average molecular weight is 996 g/mol. The van der Waals surface area contributed by atoms with Crippen molar-refractivity contribution in [2.24, 2.45) is 0 Å². The minimum atomic E-state index is -0.261. The van der Waals surface area contributed by atoms with Crippen molar-refractivity contribution in [3.05, 3.63) is 262 Å². The fourth-order valence-electron chi connectivity index (χ4n) is 18.1. The van der Waals surface area contributed by atoms with Gasteiger partial charge >= 0.3 is 0 Å². The molecule has 10 aromatic carbocycles. The predicted octanol–water partition coefficient (Wildman–Crippen LogP) is 18.1. The van der Waals surface area contributed by atoms with E-state index in [0.29, 0.717) is 0 Å². The Morgan fingerprint density at radius 3 is 1.32 bits per heavy atom. The molecule has 8 aliphatic rings. The van der Waals surface area contributed by atoms with Crippen molar-refractivity contribution >= 4 is 48.9 Å². The van der Waals surface area contributed by atoms with Gasteiger partial charge in [-0.05, 0) is 210 Å². The van der Waals surface area contributed by atoms with Gasteiger partial charge in [-0.15, -0.1) is 0 Å². The molecule has 0 aliphatic heterocycles. The van der Waals surface area contributed by atoms with E-state index in [2.05, 4.69) is 197 Å². The Bertz CT molecular complexity index is 4810. The molecule has 3 heteroatoms. The van der Waals surface area contributed by atoms with Crippen molar-refractivity contribution < 1.29 is 0 Å². The Kier molecular flexibility index (Phi) is 8.13. The zero-order valence-corrected chi connectivity index (χ0v) is 44.5. The van der Waals surface area contributed by atoms with Crippen molar-refractivity contribution in [2.45, 2.75) is 95.8 Å². The van der Waals surface area contributed by atoms with E-state index < -0.39 is 0 Å². The van der Waals surface area contributed by atoms with Gasteiger partial charge in [0, 0.05) is 50.6 Å². The quantitative estimate of drug-likeness (QED) is 0.165. The second-order valence-corrected chi connectivity index (χ2v) is 24.2. The summed E-state index contributed by atoms with van der Waals surface area (Å²) in [5.41, 5.74) is 35.6. The lowest BCUT2D eigenvalue weighted by Gasteiger charge is -2.43. The second kappa shape index (κ2) is 14.6. The number of rotatable bonds is 1. The maximum Gasteiger partial charge on any atom is 0.0995 e. The van der Waals surface area contributed by atoms with Crippen LogP contribution in [0.1, 0.15) is 173 Å². The van der Waals surface area contributed by atoms with Crippen LogP contribution in [0.25, 0.3) is 71.1 Å². The Labute approximate surface area is 454 Å². The third kappa shape index (κ3) is 4.79. The second-order valence-electron chi connectivity index (χ2n) is 24.2. The van der Waals surface area contributed by atoms with E-state index in [9.17, 15) is 10.5 Å². The molecule has 0 radical (unpaired) electrons. The van der Waals surface area contributed by atoms with Gasteiger partial charge in [-0.25, -0.2) is 0 Å². The molecule has 368 valence electrons. The molecule has 78 heavy (non-hydrogen) atoms. The number of aromatic nitrogens is 1. The van der Waals surface area contributed by atoms with Gasteiger partial charge in [0.05, 0.1) is 39.8 Å². The van der Waals surface area contributed by atoms with Gasteiger partial charge in [-0.2, -0.15) is 10.5 Å². The molecule has 8 aliphatic carbocycles. The number of hydrogen-bond donors (Lipinski definition) is 0. The minimum absolute atomic E-state index is 0.0435. The van der Waals surface area contributed by atoms with Crippen LogP contribution in [0.4, 0.5) is 0 Å². The summed E-state index contributed by atoms with van der Waals surface area (Å²) in [6, 6.07) is 61.3. The monoisotopic (exact) mass is 995 g/mol. The number of nitriles is 2. The summed E-state index contributed by atoms with van der Waals surface area (Å²) in [6.45, 7) is 11.7. The van der Waals surface area contributed by atoms with E-state index in [-0.39, 0.29) is 29.1 Å². The average Bonchev–Trinajstić information content (AvgIpc) is 2.37. The lowest BCUT2D eigenvalue weighted by atomic mass is 9.59. The van der Waals surface area contributed by atoms with Crippen LogP contribution in [0.3, 0.4) is 0 Å². The molecular formula is C75H53N3. The van der Waals surface area contributed by atoms with Gasteiger partial charge in [0.15, 0.2) is 0 Å². The summed E-state index contributed by atoms with van der Waals surface area (Å²) < 4.78 is 2.58. The molecular weight excluding hydrogens is 943 g/mol. The largest absolute Gasteiger partial charge is 0.308 e. The molecule has 2 heterocycles. The molecule has 20 rings (SSSR count). The van der Waals surface area contributed by atoms with Crippen molar-refractivity contribution in [1.29, 1.82) is 10.5 Å². The van der Waals surface area contributed by atoms with Crippen LogP contribution in [0, 0.1) is 57.3 Å². The topological polar surface area (TPSA) is 52.0 Å². The Hall–Kier alpha value is -8.76. The summed E-state index contributed by atoms with van der Waals surface area (Å²) >= 11 is 0. The number of nitrogens with zero attached hydrogens (tertiary/aromatic N) is 3. The summed E-state index contributed by atoms with van der Waals surface area (Å²) in [4.78, 5) is 0. The fraction of sp³-hybridized carbons (Fsp3) is 0.200. The van der Waals surface area contributed by atoms with E-state index in [1.54, 1.807) is 0 Å². The number of benzene rings is 10. The van der Waals surface area contributed by atoms with E-state index in [1.807, 2.05) is 0 Å². The van der Waals surface area contributed by atoms with Crippen LogP contribution in [-0.4, -0.2) is 4.40 Å². The molecule has 0 N–H and O–H groups in total. The van der Waals surface area contributed by atoms with Crippen molar-refractivity contribution in [3.63, 3.8) is 0 Å². The molecule has 4 bridgehead atoms. The number of hydrogen-bond acceptors (Lipinski definition) is 2. The Morgan fingerprint density at radius 2 is 0.833 bits per heavy atom. The summed E-state index contributed by atoms with van der Waals surface area (Å²) in [7, 11) is 0. The molecule has 12 aromatic rings. The first-order valence-electron chi connectivity index (χ1n) is 28.5. The first-order chi connectivity index (χ1) is 38.3. The van der Waals surface area contributed by atoms with Gasteiger partial charge in [0.2, 0.25) is 0 Å². The van der Waals surface area contributed by atoms with Crippen molar-refractivity contribution in [3.8, 4) is 34.4 Å². The summed E-state index contributed by atoms with van der Waals surface area (Å²) in [5.74, 6) is -0.209. The lowest BCUT2D eigenvalue weighted by molar-refractivity contribution is 0.355. The summed E-state index contributed by atoms with van der Waals surface area (Å²) in [6.07, 6.45) is 5.69. The van der Waals surface area contributed by atoms with E-state index in [1.165, 1.54) is 167 Å². The minimum Gasteiger partial charge on any atom is -0.308 e. The summed E-state index contributed by atoms with van der Waals surface area (Å²) in [5, 5.41) is 31.1. The molecule has 1 fully saturated rings. The van der Waals surface area contributed by atoms with Crippen molar-refractivity contribution in [2.75, 3.05) is 0 Å². The maximum absolute atomic E-state index is 11.7. The maximum atomic E-state index is 11.7. The fourth-order valence-corrected chi connectivity index (χ4v) is 18.1. The predicted molar refractivity (Wildman–Crippen MR) is 316 cm³/mol.